The monoisotopic (exact) mass is 198 g/mol. The lowest BCUT2D eigenvalue weighted by molar-refractivity contribution is 0.228. The summed E-state index contributed by atoms with van der Waals surface area (Å²) in [4.78, 5) is 2.48. The summed E-state index contributed by atoms with van der Waals surface area (Å²) in [7, 11) is 2.24. The maximum absolute atomic E-state index is 3.55. The molecule has 0 spiro atoms. The van der Waals surface area contributed by atoms with Crippen LogP contribution in [0.4, 0.5) is 0 Å². The number of hydrogen-bond acceptors (Lipinski definition) is 2. The van der Waals surface area contributed by atoms with Crippen LogP contribution in [0.1, 0.15) is 40.5 Å². The normalized spacial score (nSPS) is 20.1. The first-order chi connectivity index (χ1) is 6.38. The summed E-state index contributed by atoms with van der Waals surface area (Å²) < 4.78 is 0. The molecule has 84 valence electrons. The Kier molecular flexibility index (Phi) is 3.96. The molecule has 1 saturated carbocycles. The van der Waals surface area contributed by atoms with Gasteiger partial charge in [0.15, 0.2) is 0 Å². The topological polar surface area (TPSA) is 15.3 Å². The van der Waals surface area contributed by atoms with E-state index in [1.165, 1.54) is 19.4 Å². The summed E-state index contributed by atoms with van der Waals surface area (Å²) in [5.41, 5.74) is 0.245. The van der Waals surface area contributed by atoms with Crippen molar-refractivity contribution in [2.45, 2.75) is 52.1 Å². The van der Waals surface area contributed by atoms with Crippen LogP contribution in [-0.2, 0) is 0 Å². The van der Waals surface area contributed by atoms with Crippen LogP contribution in [0.3, 0.4) is 0 Å². The number of nitrogens with zero attached hydrogens (tertiary/aromatic N) is 1. The molecule has 1 rings (SSSR count). The van der Waals surface area contributed by atoms with Crippen molar-refractivity contribution < 1.29 is 0 Å². The summed E-state index contributed by atoms with van der Waals surface area (Å²) in [6, 6.07) is 0.648. The fourth-order valence-electron chi connectivity index (χ4n) is 1.50. The van der Waals surface area contributed by atoms with E-state index in [1.807, 2.05) is 0 Å². The van der Waals surface area contributed by atoms with Crippen LogP contribution >= 0.6 is 0 Å². The van der Waals surface area contributed by atoms with Gasteiger partial charge in [0, 0.05) is 24.7 Å². The van der Waals surface area contributed by atoms with Gasteiger partial charge in [-0.1, -0.05) is 0 Å². The minimum Gasteiger partial charge on any atom is -0.311 e. The van der Waals surface area contributed by atoms with Gasteiger partial charge in [0.1, 0.15) is 0 Å². The van der Waals surface area contributed by atoms with Gasteiger partial charge in [-0.25, -0.2) is 0 Å². The van der Waals surface area contributed by atoms with Gasteiger partial charge in [-0.15, -0.1) is 0 Å². The minimum absolute atomic E-state index is 0.245. The SMILES string of the molecule is CC(CNC(C)(C)C)N(C)CC1CC1. The third-order valence-corrected chi connectivity index (χ3v) is 2.92. The van der Waals surface area contributed by atoms with Crippen molar-refractivity contribution >= 4 is 0 Å². The van der Waals surface area contributed by atoms with E-state index in [0.29, 0.717) is 6.04 Å². The maximum atomic E-state index is 3.55. The van der Waals surface area contributed by atoms with Gasteiger partial charge in [-0.05, 0) is 53.5 Å². The molecule has 1 aliphatic rings. The van der Waals surface area contributed by atoms with Crippen molar-refractivity contribution in [1.82, 2.24) is 10.2 Å². The first kappa shape index (κ1) is 12.0. The van der Waals surface area contributed by atoms with Crippen molar-refractivity contribution in [2.24, 2.45) is 5.92 Å². The van der Waals surface area contributed by atoms with Crippen LogP contribution in [0, 0.1) is 5.92 Å². The fourth-order valence-corrected chi connectivity index (χ4v) is 1.50. The Balaban J connectivity index is 2.15. The van der Waals surface area contributed by atoms with Crippen LogP contribution in [0.2, 0.25) is 0 Å². The van der Waals surface area contributed by atoms with E-state index in [4.69, 9.17) is 0 Å². The molecule has 2 nitrogen and oxygen atoms in total. The van der Waals surface area contributed by atoms with E-state index in [-0.39, 0.29) is 5.54 Å². The second-order valence-corrected chi connectivity index (χ2v) is 5.86. The second-order valence-electron chi connectivity index (χ2n) is 5.86. The van der Waals surface area contributed by atoms with Crippen molar-refractivity contribution in [2.75, 3.05) is 20.1 Å². The molecule has 14 heavy (non-hydrogen) atoms. The summed E-state index contributed by atoms with van der Waals surface area (Å²) in [5.74, 6) is 0.997. The van der Waals surface area contributed by atoms with Crippen molar-refractivity contribution in [1.29, 1.82) is 0 Å². The first-order valence-corrected chi connectivity index (χ1v) is 5.84. The highest BCUT2D eigenvalue weighted by atomic mass is 15.2. The molecule has 0 aromatic rings. The van der Waals surface area contributed by atoms with E-state index in [0.717, 1.165) is 12.5 Å². The van der Waals surface area contributed by atoms with Crippen molar-refractivity contribution in [3.05, 3.63) is 0 Å². The van der Waals surface area contributed by atoms with Crippen molar-refractivity contribution in [3.8, 4) is 0 Å². The molecule has 2 heteroatoms. The van der Waals surface area contributed by atoms with Gasteiger partial charge in [-0.2, -0.15) is 0 Å². The number of nitrogens with one attached hydrogen (secondary N) is 1. The van der Waals surface area contributed by atoms with Crippen LogP contribution in [0.15, 0.2) is 0 Å². The Morgan fingerprint density at radius 3 is 2.36 bits per heavy atom. The zero-order valence-corrected chi connectivity index (χ0v) is 10.4. The highest BCUT2D eigenvalue weighted by Gasteiger charge is 2.24. The molecule has 1 N–H and O–H groups in total. The standard InChI is InChI=1S/C12H26N2/c1-10(8-13-12(2,3)4)14(5)9-11-6-7-11/h10-11,13H,6-9H2,1-5H3. The molecular weight excluding hydrogens is 172 g/mol. The molecule has 0 bridgehead atoms. The van der Waals surface area contributed by atoms with Crippen LogP contribution in [0.5, 0.6) is 0 Å². The molecule has 0 aromatic carbocycles. The van der Waals surface area contributed by atoms with Gasteiger partial charge in [0.25, 0.3) is 0 Å². The zero-order chi connectivity index (χ0) is 10.8. The molecule has 0 aromatic heterocycles. The quantitative estimate of drug-likeness (QED) is 0.728. The van der Waals surface area contributed by atoms with E-state index >= 15 is 0 Å². The molecule has 0 aliphatic heterocycles. The largest absolute Gasteiger partial charge is 0.311 e. The zero-order valence-electron chi connectivity index (χ0n) is 10.4. The van der Waals surface area contributed by atoms with Gasteiger partial charge in [0.2, 0.25) is 0 Å². The summed E-state index contributed by atoms with van der Waals surface area (Å²) in [6.07, 6.45) is 2.90. The van der Waals surface area contributed by atoms with Gasteiger partial charge in [0.05, 0.1) is 0 Å². The van der Waals surface area contributed by atoms with Gasteiger partial charge < -0.3 is 10.2 Å². The maximum Gasteiger partial charge on any atom is 0.0189 e. The lowest BCUT2D eigenvalue weighted by Crippen LogP contribution is -2.45. The Bertz CT molecular complexity index is 168. The smallest absolute Gasteiger partial charge is 0.0189 e. The lowest BCUT2D eigenvalue weighted by Gasteiger charge is -2.29. The predicted molar refractivity (Wildman–Crippen MR) is 62.6 cm³/mol. The van der Waals surface area contributed by atoms with Gasteiger partial charge in [-0.3, -0.25) is 0 Å². The average Bonchev–Trinajstić information content (AvgIpc) is 2.82. The summed E-state index contributed by atoms with van der Waals surface area (Å²) >= 11 is 0. The van der Waals surface area contributed by atoms with E-state index in [2.05, 4.69) is 45.0 Å². The van der Waals surface area contributed by atoms with E-state index in [9.17, 15) is 0 Å². The highest BCUT2D eigenvalue weighted by molar-refractivity contribution is 4.80. The third kappa shape index (κ3) is 4.97. The molecule has 1 aliphatic carbocycles. The van der Waals surface area contributed by atoms with Gasteiger partial charge >= 0.3 is 0 Å². The molecule has 1 fully saturated rings. The van der Waals surface area contributed by atoms with E-state index < -0.39 is 0 Å². The number of rotatable bonds is 5. The summed E-state index contributed by atoms with van der Waals surface area (Å²) in [6.45, 7) is 11.3. The predicted octanol–water partition coefficient (Wildman–Crippen LogP) is 2.10. The van der Waals surface area contributed by atoms with Crippen LogP contribution in [0.25, 0.3) is 0 Å². The molecule has 0 saturated heterocycles. The lowest BCUT2D eigenvalue weighted by atomic mass is 10.1. The first-order valence-electron chi connectivity index (χ1n) is 5.84. The molecule has 1 atom stereocenters. The minimum atomic E-state index is 0.245. The Morgan fingerprint density at radius 2 is 1.93 bits per heavy atom. The number of hydrogen-bond donors (Lipinski definition) is 1. The van der Waals surface area contributed by atoms with E-state index in [1.54, 1.807) is 0 Å². The molecule has 0 amide bonds. The Hall–Kier alpha value is -0.0800. The van der Waals surface area contributed by atoms with Crippen LogP contribution in [-0.4, -0.2) is 36.6 Å². The molecule has 0 radical (unpaired) electrons. The average molecular weight is 198 g/mol. The molecule has 1 unspecified atom stereocenters. The summed E-state index contributed by atoms with van der Waals surface area (Å²) in [5, 5.41) is 3.55. The second kappa shape index (κ2) is 4.63. The molecular formula is C12H26N2. The Labute approximate surface area is 89.1 Å². The van der Waals surface area contributed by atoms with Crippen molar-refractivity contribution in [3.63, 3.8) is 0 Å². The highest BCUT2D eigenvalue weighted by Crippen LogP contribution is 2.29. The fraction of sp³-hybridized carbons (Fsp3) is 1.00. The number of likely N-dealkylation sites (N-methyl/N-ethyl adjacent to an activating group) is 1. The Morgan fingerprint density at radius 1 is 1.36 bits per heavy atom. The van der Waals surface area contributed by atoms with Crippen LogP contribution < -0.4 is 5.32 Å². The molecule has 0 heterocycles. The third-order valence-electron chi connectivity index (χ3n) is 2.92.